The summed E-state index contributed by atoms with van der Waals surface area (Å²) in [6.07, 6.45) is -1.59. The van der Waals surface area contributed by atoms with E-state index in [0.29, 0.717) is 11.1 Å². The van der Waals surface area contributed by atoms with Crippen molar-refractivity contribution in [2.45, 2.75) is 24.3 Å². The van der Waals surface area contributed by atoms with Gasteiger partial charge in [0.2, 0.25) is 11.8 Å². The van der Waals surface area contributed by atoms with Crippen LogP contribution in [0.5, 0.6) is 5.88 Å². The molecule has 33 heavy (non-hydrogen) atoms. The molecule has 0 saturated carbocycles. The highest BCUT2D eigenvalue weighted by Crippen LogP contribution is 2.66. The number of rotatable bonds is 9. The van der Waals surface area contributed by atoms with Crippen LogP contribution < -0.4 is 15.8 Å². The molecule has 3 heterocycles. The highest BCUT2D eigenvalue weighted by molar-refractivity contribution is 7.66. The molecule has 0 aromatic carbocycles. The van der Waals surface area contributed by atoms with E-state index in [0.717, 1.165) is 0 Å². The lowest BCUT2D eigenvalue weighted by atomic mass is 10.0. The highest BCUT2D eigenvalue weighted by atomic mass is 31.3. The number of aromatic amines is 1. The van der Waals surface area contributed by atoms with Crippen molar-refractivity contribution in [2.75, 3.05) is 19.5 Å². The van der Waals surface area contributed by atoms with Gasteiger partial charge in [-0.15, -0.1) is 0 Å². The Balaban J connectivity index is 1.73. The van der Waals surface area contributed by atoms with Gasteiger partial charge in [-0.05, 0) is 0 Å². The molecule has 10 N–H and O–H groups in total. The van der Waals surface area contributed by atoms with E-state index in [4.69, 9.17) is 20.3 Å². The van der Waals surface area contributed by atoms with Crippen molar-refractivity contribution in [3.05, 3.63) is 11.8 Å². The van der Waals surface area contributed by atoms with Crippen molar-refractivity contribution in [3.8, 4) is 5.88 Å². The lowest BCUT2D eigenvalue weighted by Crippen LogP contribution is -2.36. The van der Waals surface area contributed by atoms with Crippen LogP contribution in [0.2, 0.25) is 0 Å². The van der Waals surface area contributed by atoms with E-state index in [-0.39, 0.29) is 17.3 Å². The number of hydrogen-bond donors (Lipinski definition) is 9. The van der Waals surface area contributed by atoms with Crippen molar-refractivity contribution < 1.29 is 61.4 Å². The number of H-pyrrole nitrogens is 1. The monoisotopic (exact) mass is 535 g/mol. The van der Waals surface area contributed by atoms with Gasteiger partial charge in [-0.1, -0.05) is 0 Å². The molecule has 21 heteroatoms. The Morgan fingerprint density at radius 3 is 2.33 bits per heavy atom. The summed E-state index contributed by atoms with van der Waals surface area (Å²) in [6, 6.07) is -2.19. The highest BCUT2D eigenvalue weighted by Gasteiger charge is 2.45. The summed E-state index contributed by atoms with van der Waals surface area (Å²) >= 11 is 0. The number of ether oxygens (including phenoxy) is 1. The zero-order valence-corrected chi connectivity index (χ0v) is 19.1. The second kappa shape index (κ2) is 9.28. The van der Waals surface area contributed by atoms with Gasteiger partial charge in [0.05, 0.1) is 31.9 Å². The first-order chi connectivity index (χ1) is 15.1. The number of aromatic nitrogens is 3. The van der Waals surface area contributed by atoms with Crippen LogP contribution >= 0.6 is 23.5 Å². The maximum Gasteiger partial charge on any atom is 0.490 e. The van der Waals surface area contributed by atoms with Crippen molar-refractivity contribution in [1.82, 2.24) is 20.3 Å². The first-order valence-electron chi connectivity index (χ1n) is 8.71. The van der Waals surface area contributed by atoms with Gasteiger partial charge >= 0.3 is 23.5 Å². The molecule has 0 radical (unpaired) electrons. The van der Waals surface area contributed by atoms with E-state index in [1.165, 1.54) is 13.3 Å². The minimum absolute atomic E-state index is 0.126. The normalized spacial score (nSPS) is 27.4. The van der Waals surface area contributed by atoms with Crippen LogP contribution in [0.15, 0.2) is 6.20 Å². The zero-order chi connectivity index (χ0) is 24.8. The van der Waals surface area contributed by atoms with Gasteiger partial charge in [0.25, 0.3) is 0 Å². The van der Waals surface area contributed by atoms with Crippen molar-refractivity contribution >= 4 is 40.4 Å². The minimum atomic E-state index is -5.69. The van der Waals surface area contributed by atoms with E-state index in [9.17, 15) is 33.7 Å². The molecular weight excluding hydrogens is 515 g/mol. The number of fused-ring (bicyclic) bond motifs is 1. The Morgan fingerprint density at radius 2 is 1.73 bits per heavy atom. The second-order valence-electron chi connectivity index (χ2n) is 6.68. The van der Waals surface area contributed by atoms with E-state index < -0.39 is 54.4 Å². The van der Waals surface area contributed by atoms with E-state index in [1.807, 2.05) is 0 Å². The van der Waals surface area contributed by atoms with Crippen LogP contribution in [-0.4, -0.2) is 76.7 Å². The first kappa shape index (κ1) is 26.1. The van der Waals surface area contributed by atoms with Gasteiger partial charge in [0, 0.05) is 11.8 Å². The predicted octanol–water partition coefficient (Wildman–Crippen LogP) is -1.37. The standard InChI is InChI=1S/C12H20N5O13P3/c1-27-11-8-6(16-12(13)17-11)4(2-14-8)7-10(19)9(18)5(15-7)3-28-32(23,24)30-33(25,26)29-31(20,21)22/h2,5,7,9-10,14-15,18-19H,3H2,1H3,(H,23,24)(H,25,26)(H2,13,16,17)(H2,20,21,22)/t5-,7+,9-,10+/m1/s1. The summed E-state index contributed by atoms with van der Waals surface area (Å²) in [6.45, 7) is -0.846. The number of nitrogen functional groups attached to an aromatic ring is 1. The number of nitrogens with two attached hydrogens (primary N) is 1. The Hall–Kier alpha value is -1.49. The molecule has 0 bridgehead atoms. The van der Waals surface area contributed by atoms with Crippen molar-refractivity contribution in [2.24, 2.45) is 0 Å². The third kappa shape index (κ3) is 6.15. The molecule has 2 unspecified atom stereocenters. The SMILES string of the molecule is COc1nc(N)nc2c([C@@H]3N[C@H](COP(=O)(O)OP(=O)(O)OP(=O)(O)O)[C@@H](O)[C@H]3O)c[nH]c12. The smallest absolute Gasteiger partial charge is 0.479 e. The van der Waals surface area contributed by atoms with Gasteiger partial charge in [-0.3, -0.25) is 4.52 Å². The largest absolute Gasteiger partial charge is 0.490 e. The van der Waals surface area contributed by atoms with Crippen LogP contribution in [0.3, 0.4) is 0 Å². The fourth-order valence-electron chi connectivity index (χ4n) is 3.16. The summed E-state index contributed by atoms with van der Waals surface area (Å²) in [5.41, 5.74) is 6.60. The Kier molecular flexibility index (Phi) is 7.34. The van der Waals surface area contributed by atoms with E-state index in [2.05, 4.69) is 33.4 Å². The average molecular weight is 535 g/mol. The van der Waals surface area contributed by atoms with Gasteiger partial charge in [-0.25, -0.2) is 18.7 Å². The lowest BCUT2D eigenvalue weighted by molar-refractivity contribution is 0.0192. The Morgan fingerprint density at radius 1 is 1.06 bits per heavy atom. The third-order valence-electron chi connectivity index (χ3n) is 4.40. The molecule has 1 aliphatic heterocycles. The average Bonchev–Trinajstić information content (AvgIpc) is 3.18. The predicted molar refractivity (Wildman–Crippen MR) is 106 cm³/mol. The van der Waals surface area contributed by atoms with Crippen LogP contribution in [0, 0.1) is 0 Å². The molecular formula is C12H20N5O13P3. The number of phosphoric acid groups is 3. The molecule has 0 aliphatic carbocycles. The molecule has 1 fully saturated rings. The minimum Gasteiger partial charge on any atom is -0.479 e. The molecule has 0 amide bonds. The summed E-state index contributed by atoms with van der Waals surface area (Å²) in [5, 5.41) is 23.5. The quantitative estimate of drug-likeness (QED) is 0.167. The van der Waals surface area contributed by atoms with Crippen LogP contribution in [0.1, 0.15) is 11.6 Å². The topological polar surface area (TPSA) is 289 Å². The summed E-state index contributed by atoms with van der Waals surface area (Å²) in [5.74, 6) is -0.00145. The molecule has 1 aliphatic rings. The van der Waals surface area contributed by atoms with Crippen molar-refractivity contribution in [3.63, 3.8) is 0 Å². The number of nitrogens with one attached hydrogen (secondary N) is 2. The molecule has 6 atom stereocenters. The lowest BCUT2D eigenvalue weighted by Gasteiger charge is -2.19. The van der Waals surface area contributed by atoms with Gasteiger partial charge in [0.1, 0.15) is 17.1 Å². The molecule has 2 aromatic heterocycles. The number of anilines is 1. The second-order valence-corrected chi connectivity index (χ2v) is 11.1. The zero-order valence-electron chi connectivity index (χ0n) is 16.4. The Bertz CT molecular complexity index is 1170. The maximum absolute atomic E-state index is 11.9. The van der Waals surface area contributed by atoms with Crippen LogP contribution in [0.25, 0.3) is 11.0 Å². The van der Waals surface area contributed by atoms with Crippen LogP contribution in [0.4, 0.5) is 5.95 Å². The summed E-state index contributed by atoms with van der Waals surface area (Å²) in [4.78, 5) is 46.6. The molecule has 2 aromatic rings. The maximum atomic E-state index is 11.9. The molecule has 1 saturated heterocycles. The molecule has 3 rings (SSSR count). The van der Waals surface area contributed by atoms with E-state index >= 15 is 0 Å². The van der Waals surface area contributed by atoms with Crippen LogP contribution in [-0.2, 0) is 26.8 Å². The van der Waals surface area contributed by atoms with Crippen molar-refractivity contribution in [1.29, 1.82) is 0 Å². The fourth-order valence-corrected chi connectivity index (χ4v) is 6.20. The summed E-state index contributed by atoms with van der Waals surface area (Å²) in [7, 11) is -15.3. The number of aliphatic hydroxyl groups is 2. The van der Waals surface area contributed by atoms with Gasteiger partial charge in [0.15, 0.2) is 0 Å². The van der Waals surface area contributed by atoms with E-state index in [1.54, 1.807) is 0 Å². The van der Waals surface area contributed by atoms with Gasteiger partial charge < -0.3 is 50.6 Å². The Labute approximate surface area is 184 Å². The molecule has 186 valence electrons. The number of nitrogens with zero attached hydrogens (tertiary/aromatic N) is 2. The third-order valence-corrected chi connectivity index (χ3v) is 8.20. The number of phosphoric ester groups is 1. The number of methoxy groups -OCH3 is 1. The number of aliphatic hydroxyl groups excluding tert-OH is 2. The molecule has 0 spiro atoms. The summed E-state index contributed by atoms with van der Waals surface area (Å²) < 4.78 is 50.8. The van der Waals surface area contributed by atoms with Gasteiger partial charge in [-0.2, -0.15) is 13.6 Å². The first-order valence-corrected chi connectivity index (χ1v) is 13.2. The molecule has 18 nitrogen and oxygen atoms in total. The fraction of sp³-hybridized carbons (Fsp3) is 0.500. The number of hydrogen-bond acceptors (Lipinski definition) is 13.